The highest BCUT2D eigenvalue weighted by Gasteiger charge is 2.24. The van der Waals surface area contributed by atoms with Gasteiger partial charge in [0.1, 0.15) is 0 Å². The Morgan fingerprint density at radius 1 is 1.16 bits per heavy atom. The molecule has 0 saturated heterocycles. The fraction of sp³-hybridized carbons (Fsp3) is 0.250. The summed E-state index contributed by atoms with van der Waals surface area (Å²) in [5.74, 6) is 0.219. The van der Waals surface area contributed by atoms with Crippen LogP contribution in [0.3, 0.4) is 0 Å². The van der Waals surface area contributed by atoms with Crippen LogP contribution in [-0.2, 0) is 27.9 Å². The van der Waals surface area contributed by atoms with Gasteiger partial charge in [-0.2, -0.15) is 9.29 Å². The topological polar surface area (TPSA) is 96.6 Å². The number of hydrogen-bond acceptors (Lipinski definition) is 6. The second-order valence-electron chi connectivity index (χ2n) is 6.89. The van der Waals surface area contributed by atoms with Gasteiger partial charge in [-0.05, 0) is 23.8 Å². The molecule has 0 aliphatic rings. The molecule has 0 N–H and O–H groups in total. The van der Waals surface area contributed by atoms with Crippen molar-refractivity contribution in [3.63, 3.8) is 0 Å². The summed E-state index contributed by atoms with van der Waals surface area (Å²) in [4.78, 5) is 18.3. The molecule has 0 fully saturated rings. The number of hydrogen-bond donors (Lipinski definition) is 0. The Hall–Kier alpha value is -2.27. The predicted octanol–water partition coefficient (Wildman–Crippen LogP) is 3.57. The zero-order valence-electron chi connectivity index (χ0n) is 16.8. The number of carbonyl (C=O) groups is 1. The highest BCUT2D eigenvalue weighted by molar-refractivity contribution is 9.10. The molecule has 0 unspecified atom stereocenters. The van der Waals surface area contributed by atoms with Gasteiger partial charge in [-0.3, -0.25) is 4.79 Å². The third kappa shape index (κ3) is 6.36. The molecule has 0 spiro atoms. The van der Waals surface area contributed by atoms with E-state index in [1.807, 2.05) is 24.3 Å². The van der Waals surface area contributed by atoms with Gasteiger partial charge in [0.2, 0.25) is 27.6 Å². The number of likely N-dealkylation sites (N-methyl/N-ethyl adjacent to an activating group) is 1. The van der Waals surface area contributed by atoms with Crippen LogP contribution in [0.25, 0.3) is 11.4 Å². The van der Waals surface area contributed by atoms with Crippen molar-refractivity contribution in [2.75, 3.05) is 19.8 Å². The standard InChI is InChI=1S/C20H20BrClN4O4S/c1-25(12-18-23-20(24-30-18)14-7-5-8-16(21)10-14)19(27)13-26(31(2,28)29)11-15-6-3-4-9-17(15)22/h3-10H,11-13H2,1-2H3. The maximum atomic E-state index is 12.7. The third-order valence-electron chi connectivity index (χ3n) is 4.43. The van der Waals surface area contributed by atoms with Crippen LogP contribution in [0, 0.1) is 0 Å². The van der Waals surface area contributed by atoms with Crippen LogP contribution >= 0.6 is 27.5 Å². The van der Waals surface area contributed by atoms with E-state index in [2.05, 4.69) is 26.1 Å². The van der Waals surface area contributed by atoms with Gasteiger partial charge in [-0.15, -0.1) is 0 Å². The monoisotopic (exact) mass is 526 g/mol. The molecule has 8 nitrogen and oxygen atoms in total. The summed E-state index contributed by atoms with van der Waals surface area (Å²) in [5.41, 5.74) is 1.38. The average molecular weight is 528 g/mol. The van der Waals surface area contributed by atoms with Gasteiger partial charge < -0.3 is 9.42 Å². The summed E-state index contributed by atoms with van der Waals surface area (Å²) < 4.78 is 31.6. The molecule has 3 rings (SSSR count). The van der Waals surface area contributed by atoms with Crippen molar-refractivity contribution in [3.8, 4) is 11.4 Å². The Kier molecular flexibility index (Phi) is 7.47. The number of benzene rings is 2. The highest BCUT2D eigenvalue weighted by Crippen LogP contribution is 2.21. The first-order valence-electron chi connectivity index (χ1n) is 9.14. The Labute approximate surface area is 194 Å². The van der Waals surface area contributed by atoms with Gasteiger partial charge in [-0.1, -0.05) is 63.0 Å². The van der Waals surface area contributed by atoms with Crippen molar-refractivity contribution in [3.05, 3.63) is 69.5 Å². The number of amides is 1. The van der Waals surface area contributed by atoms with E-state index in [9.17, 15) is 13.2 Å². The molecule has 3 aromatic rings. The summed E-state index contributed by atoms with van der Waals surface area (Å²) in [6, 6.07) is 14.3. The fourth-order valence-electron chi connectivity index (χ4n) is 2.73. The molecule has 1 amide bonds. The summed E-state index contributed by atoms with van der Waals surface area (Å²) >= 11 is 9.53. The molecule has 0 aliphatic heterocycles. The third-order valence-corrected chi connectivity index (χ3v) is 6.49. The van der Waals surface area contributed by atoms with Crippen LogP contribution in [0.5, 0.6) is 0 Å². The SMILES string of the molecule is CN(Cc1nc(-c2cccc(Br)c2)no1)C(=O)CN(Cc1ccccc1Cl)S(C)(=O)=O. The molecule has 2 aromatic carbocycles. The van der Waals surface area contributed by atoms with Gasteiger partial charge >= 0.3 is 0 Å². The van der Waals surface area contributed by atoms with E-state index in [1.54, 1.807) is 31.3 Å². The van der Waals surface area contributed by atoms with E-state index >= 15 is 0 Å². The van der Waals surface area contributed by atoms with E-state index in [4.69, 9.17) is 16.1 Å². The van der Waals surface area contributed by atoms with Crippen molar-refractivity contribution in [1.29, 1.82) is 0 Å². The van der Waals surface area contributed by atoms with Gasteiger partial charge in [0, 0.05) is 28.7 Å². The molecule has 31 heavy (non-hydrogen) atoms. The molecular formula is C20H20BrClN4O4S. The first kappa shape index (κ1) is 23.4. The van der Waals surface area contributed by atoms with Crippen molar-refractivity contribution in [2.24, 2.45) is 0 Å². The number of sulfonamides is 1. The maximum absolute atomic E-state index is 12.7. The zero-order chi connectivity index (χ0) is 22.6. The number of carbonyl (C=O) groups excluding carboxylic acids is 1. The van der Waals surface area contributed by atoms with Crippen LogP contribution in [0.4, 0.5) is 0 Å². The quantitative estimate of drug-likeness (QED) is 0.444. The minimum Gasteiger partial charge on any atom is -0.337 e. The molecule has 164 valence electrons. The Morgan fingerprint density at radius 2 is 1.90 bits per heavy atom. The maximum Gasteiger partial charge on any atom is 0.246 e. The van der Waals surface area contributed by atoms with Crippen LogP contribution in [0.2, 0.25) is 5.02 Å². The number of rotatable bonds is 8. The lowest BCUT2D eigenvalue weighted by Gasteiger charge is -2.23. The largest absolute Gasteiger partial charge is 0.337 e. The molecule has 0 saturated carbocycles. The number of aromatic nitrogens is 2. The van der Waals surface area contributed by atoms with Gasteiger partial charge in [0.05, 0.1) is 19.3 Å². The first-order chi connectivity index (χ1) is 14.6. The lowest BCUT2D eigenvalue weighted by Crippen LogP contribution is -2.40. The van der Waals surface area contributed by atoms with Crippen LogP contribution in [0.1, 0.15) is 11.5 Å². The van der Waals surface area contributed by atoms with Crippen LogP contribution in [-0.4, -0.2) is 53.5 Å². The average Bonchev–Trinajstić information content (AvgIpc) is 3.16. The lowest BCUT2D eigenvalue weighted by atomic mass is 10.2. The number of halogens is 2. The molecule has 0 aliphatic carbocycles. The molecule has 0 bridgehead atoms. The summed E-state index contributed by atoms with van der Waals surface area (Å²) in [6.07, 6.45) is 1.05. The van der Waals surface area contributed by atoms with E-state index < -0.39 is 15.9 Å². The second kappa shape index (κ2) is 9.90. The Balaban J connectivity index is 1.68. The van der Waals surface area contributed by atoms with E-state index in [0.717, 1.165) is 20.6 Å². The van der Waals surface area contributed by atoms with E-state index in [0.29, 0.717) is 16.4 Å². The van der Waals surface area contributed by atoms with Gasteiger partial charge in [0.15, 0.2) is 0 Å². The van der Waals surface area contributed by atoms with Crippen molar-refractivity contribution in [2.45, 2.75) is 13.1 Å². The fourth-order valence-corrected chi connectivity index (χ4v) is 4.05. The summed E-state index contributed by atoms with van der Waals surface area (Å²) in [7, 11) is -2.10. The van der Waals surface area contributed by atoms with Crippen molar-refractivity contribution >= 4 is 43.5 Å². The number of nitrogens with zero attached hydrogens (tertiary/aromatic N) is 4. The lowest BCUT2D eigenvalue weighted by molar-refractivity contribution is -0.131. The molecule has 1 heterocycles. The van der Waals surface area contributed by atoms with Crippen molar-refractivity contribution < 1.29 is 17.7 Å². The molecule has 11 heteroatoms. The Morgan fingerprint density at radius 3 is 2.58 bits per heavy atom. The first-order valence-corrected chi connectivity index (χ1v) is 12.2. The van der Waals surface area contributed by atoms with Crippen LogP contribution in [0.15, 0.2) is 57.5 Å². The Bertz CT molecular complexity index is 1190. The minimum atomic E-state index is -3.65. The summed E-state index contributed by atoms with van der Waals surface area (Å²) in [6.45, 7) is -0.303. The summed E-state index contributed by atoms with van der Waals surface area (Å²) in [5, 5.41) is 4.37. The smallest absolute Gasteiger partial charge is 0.246 e. The second-order valence-corrected chi connectivity index (χ2v) is 10.2. The predicted molar refractivity (Wildman–Crippen MR) is 121 cm³/mol. The van der Waals surface area contributed by atoms with Gasteiger partial charge in [-0.25, -0.2) is 8.42 Å². The van der Waals surface area contributed by atoms with Crippen LogP contribution < -0.4 is 0 Å². The molecule has 0 radical (unpaired) electrons. The zero-order valence-corrected chi connectivity index (χ0v) is 20.0. The normalized spacial score (nSPS) is 11.6. The minimum absolute atomic E-state index is 0.00826. The van der Waals surface area contributed by atoms with Gasteiger partial charge in [0.25, 0.3) is 0 Å². The van der Waals surface area contributed by atoms with E-state index in [-0.39, 0.29) is 25.5 Å². The molecule has 0 atom stereocenters. The highest BCUT2D eigenvalue weighted by atomic mass is 79.9. The molecular weight excluding hydrogens is 508 g/mol. The van der Waals surface area contributed by atoms with Crippen molar-refractivity contribution in [1.82, 2.24) is 19.3 Å². The molecule has 1 aromatic heterocycles. The van der Waals surface area contributed by atoms with E-state index in [1.165, 1.54) is 4.90 Å².